The lowest BCUT2D eigenvalue weighted by atomic mass is 9.95. The van der Waals surface area contributed by atoms with Gasteiger partial charge in [-0.2, -0.15) is 0 Å². The molecule has 0 aliphatic heterocycles. The highest BCUT2D eigenvalue weighted by molar-refractivity contribution is 6.00. The molecule has 1 rings (SSSR count). The summed E-state index contributed by atoms with van der Waals surface area (Å²) in [6, 6.07) is 4.55. The van der Waals surface area contributed by atoms with Gasteiger partial charge in [0.15, 0.2) is 0 Å². The molecule has 1 aromatic carbocycles. The smallest absolute Gasteiger partial charge is 0.253 e. The number of halogens is 1. The zero-order valence-corrected chi connectivity index (χ0v) is 12.1. The predicted octanol–water partition coefficient (Wildman–Crippen LogP) is 3.57. The van der Waals surface area contributed by atoms with Crippen molar-refractivity contribution in [2.24, 2.45) is 0 Å². The van der Waals surface area contributed by atoms with E-state index in [2.05, 4.69) is 10.6 Å². The lowest BCUT2D eigenvalue weighted by Crippen LogP contribution is -2.45. The Morgan fingerprint density at radius 3 is 2.42 bits per heavy atom. The molecular weight excluding hydrogens is 243 g/mol. The summed E-state index contributed by atoms with van der Waals surface area (Å²) in [6.07, 6.45) is 1.67. The molecule has 0 radical (unpaired) electrons. The summed E-state index contributed by atoms with van der Waals surface area (Å²) >= 11 is 0. The first kappa shape index (κ1) is 15.5. The molecule has 0 aromatic heterocycles. The van der Waals surface area contributed by atoms with Gasteiger partial charge in [-0.1, -0.05) is 19.9 Å². The first-order valence-electron chi connectivity index (χ1n) is 6.82. The number of para-hydroxylation sites is 1. The number of hydrogen-bond acceptors (Lipinski definition) is 2. The summed E-state index contributed by atoms with van der Waals surface area (Å²) in [6.45, 7) is 8.49. The lowest BCUT2D eigenvalue weighted by molar-refractivity contribution is 0.0901. The fourth-order valence-electron chi connectivity index (χ4n) is 1.84. The molecular formula is C15H23FN2O. The van der Waals surface area contributed by atoms with E-state index in [0.717, 1.165) is 12.8 Å². The molecule has 106 valence electrons. The van der Waals surface area contributed by atoms with E-state index in [1.54, 1.807) is 12.1 Å². The third-order valence-electron chi connectivity index (χ3n) is 3.59. The maximum absolute atomic E-state index is 13.8. The molecule has 19 heavy (non-hydrogen) atoms. The van der Waals surface area contributed by atoms with Gasteiger partial charge in [0, 0.05) is 12.1 Å². The Hall–Kier alpha value is -1.58. The topological polar surface area (TPSA) is 41.1 Å². The van der Waals surface area contributed by atoms with E-state index in [1.807, 2.05) is 27.7 Å². The van der Waals surface area contributed by atoms with Crippen LogP contribution in [0.3, 0.4) is 0 Å². The predicted molar refractivity (Wildman–Crippen MR) is 77.0 cm³/mol. The third-order valence-corrected chi connectivity index (χ3v) is 3.59. The van der Waals surface area contributed by atoms with Crippen LogP contribution in [0.25, 0.3) is 0 Å². The Balaban J connectivity index is 3.03. The van der Waals surface area contributed by atoms with Crippen LogP contribution in [0.1, 0.15) is 50.9 Å². The van der Waals surface area contributed by atoms with Crippen molar-refractivity contribution < 1.29 is 9.18 Å². The molecule has 0 aliphatic carbocycles. The highest BCUT2D eigenvalue weighted by Gasteiger charge is 2.24. The Labute approximate surface area is 114 Å². The summed E-state index contributed by atoms with van der Waals surface area (Å²) < 4.78 is 13.8. The Bertz CT molecular complexity index is 442. The molecule has 0 atom stereocenters. The van der Waals surface area contributed by atoms with E-state index in [1.165, 1.54) is 6.07 Å². The van der Waals surface area contributed by atoms with Gasteiger partial charge >= 0.3 is 0 Å². The van der Waals surface area contributed by atoms with E-state index < -0.39 is 5.82 Å². The van der Waals surface area contributed by atoms with E-state index in [4.69, 9.17) is 0 Å². The standard InChI is InChI=1S/C15H23FN2O/c1-5-15(4,6-2)18-14(19)11-9-8-10-12(16)13(11)17-7-3/h8-10,17H,5-7H2,1-4H3,(H,18,19). The van der Waals surface area contributed by atoms with Crippen molar-refractivity contribution in [1.29, 1.82) is 0 Å². The summed E-state index contributed by atoms with van der Waals surface area (Å²) in [5, 5.41) is 5.90. The van der Waals surface area contributed by atoms with Crippen molar-refractivity contribution in [2.45, 2.75) is 46.1 Å². The van der Waals surface area contributed by atoms with Gasteiger partial charge in [0.05, 0.1) is 11.3 Å². The molecule has 1 amide bonds. The molecule has 0 heterocycles. The van der Waals surface area contributed by atoms with Crippen LogP contribution in [0.5, 0.6) is 0 Å². The SMILES string of the molecule is CCNc1c(F)cccc1C(=O)NC(C)(CC)CC. The summed E-state index contributed by atoms with van der Waals surface area (Å²) in [5.74, 6) is -0.633. The number of rotatable bonds is 6. The second-order valence-corrected chi connectivity index (χ2v) is 4.91. The monoisotopic (exact) mass is 266 g/mol. The van der Waals surface area contributed by atoms with Gasteiger partial charge in [0.25, 0.3) is 5.91 Å². The van der Waals surface area contributed by atoms with Crippen LogP contribution in [-0.2, 0) is 0 Å². The third kappa shape index (κ3) is 3.69. The molecule has 1 aromatic rings. The van der Waals surface area contributed by atoms with Crippen LogP contribution in [0.2, 0.25) is 0 Å². The van der Waals surface area contributed by atoms with Crippen LogP contribution in [0.4, 0.5) is 10.1 Å². The van der Waals surface area contributed by atoms with Gasteiger partial charge in [0.1, 0.15) is 5.82 Å². The van der Waals surface area contributed by atoms with Gasteiger partial charge in [-0.15, -0.1) is 0 Å². The first-order valence-corrected chi connectivity index (χ1v) is 6.82. The molecule has 0 fully saturated rings. The van der Waals surface area contributed by atoms with Crippen LogP contribution in [0.15, 0.2) is 18.2 Å². The number of carbonyl (C=O) groups excluding carboxylic acids is 1. The quantitative estimate of drug-likeness (QED) is 0.826. The average Bonchev–Trinajstić information content (AvgIpc) is 2.41. The fourth-order valence-corrected chi connectivity index (χ4v) is 1.84. The van der Waals surface area contributed by atoms with E-state index >= 15 is 0 Å². The van der Waals surface area contributed by atoms with Crippen molar-refractivity contribution in [1.82, 2.24) is 5.32 Å². The number of nitrogens with one attached hydrogen (secondary N) is 2. The van der Waals surface area contributed by atoms with Crippen molar-refractivity contribution in [3.05, 3.63) is 29.6 Å². The van der Waals surface area contributed by atoms with Gasteiger partial charge in [-0.3, -0.25) is 4.79 Å². The molecule has 0 aliphatic rings. The number of hydrogen-bond donors (Lipinski definition) is 2. The minimum absolute atomic E-state index is 0.235. The molecule has 0 saturated heterocycles. The number of carbonyl (C=O) groups is 1. The zero-order valence-electron chi connectivity index (χ0n) is 12.1. The van der Waals surface area contributed by atoms with Crippen molar-refractivity contribution >= 4 is 11.6 Å². The maximum Gasteiger partial charge on any atom is 0.253 e. The highest BCUT2D eigenvalue weighted by atomic mass is 19.1. The molecule has 2 N–H and O–H groups in total. The van der Waals surface area contributed by atoms with E-state index in [9.17, 15) is 9.18 Å². The van der Waals surface area contributed by atoms with Crippen molar-refractivity contribution in [3.63, 3.8) is 0 Å². The lowest BCUT2D eigenvalue weighted by Gasteiger charge is -2.28. The van der Waals surface area contributed by atoms with Gasteiger partial charge in [0.2, 0.25) is 0 Å². The molecule has 0 unspecified atom stereocenters. The normalized spacial score (nSPS) is 11.2. The summed E-state index contributed by atoms with van der Waals surface area (Å²) in [7, 11) is 0. The van der Waals surface area contributed by atoms with E-state index in [0.29, 0.717) is 12.1 Å². The van der Waals surface area contributed by atoms with Crippen molar-refractivity contribution in [2.75, 3.05) is 11.9 Å². The molecule has 0 spiro atoms. The molecule has 3 nitrogen and oxygen atoms in total. The number of amides is 1. The Morgan fingerprint density at radius 1 is 1.26 bits per heavy atom. The Kier molecular flexibility index (Phi) is 5.33. The number of anilines is 1. The van der Waals surface area contributed by atoms with Crippen LogP contribution in [0, 0.1) is 5.82 Å². The van der Waals surface area contributed by atoms with Crippen molar-refractivity contribution in [3.8, 4) is 0 Å². The van der Waals surface area contributed by atoms with Crippen LogP contribution < -0.4 is 10.6 Å². The molecule has 0 bridgehead atoms. The van der Waals surface area contributed by atoms with E-state index in [-0.39, 0.29) is 17.1 Å². The van der Waals surface area contributed by atoms with Gasteiger partial charge in [-0.05, 0) is 38.8 Å². The fraction of sp³-hybridized carbons (Fsp3) is 0.533. The average molecular weight is 266 g/mol. The second-order valence-electron chi connectivity index (χ2n) is 4.91. The Morgan fingerprint density at radius 2 is 1.89 bits per heavy atom. The van der Waals surface area contributed by atoms with Crippen LogP contribution >= 0.6 is 0 Å². The maximum atomic E-state index is 13.8. The van der Waals surface area contributed by atoms with Gasteiger partial charge < -0.3 is 10.6 Å². The second kappa shape index (κ2) is 6.55. The number of benzene rings is 1. The molecule has 0 saturated carbocycles. The minimum Gasteiger partial charge on any atom is -0.382 e. The largest absolute Gasteiger partial charge is 0.382 e. The summed E-state index contributed by atoms with van der Waals surface area (Å²) in [4.78, 5) is 12.3. The minimum atomic E-state index is -0.399. The van der Waals surface area contributed by atoms with Crippen LogP contribution in [-0.4, -0.2) is 18.0 Å². The first-order chi connectivity index (χ1) is 8.97. The molecule has 4 heteroatoms. The summed E-state index contributed by atoms with van der Waals surface area (Å²) in [5.41, 5.74) is 0.374. The highest BCUT2D eigenvalue weighted by Crippen LogP contribution is 2.22. The zero-order chi connectivity index (χ0) is 14.5. The van der Waals surface area contributed by atoms with Gasteiger partial charge in [-0.25, -0.2) is 4.39 Å².